The standard InChI is InChI=1S/C21H21F3N4O3/c22-21(23,24)16-2-1-3-19(10-16)31-13-18(29)11-26-20(30)27-17-6-4-15(5-7-17)12-28-9-8-25-14-28/h1-10,14,18,29H,11-13H2,(H2,26,27,30). The summed E-state index contributed by atoms with van der Waals surface area (Å²) in [7, 11) is 0. The summed E-state index contributed by atoms with van der Waals surface area (Å²) in [5.74, 6) is -0.0193. The van der Waals surface area contributed by atoms with Crippen LogP contribution in [0.5, 0.6) is 5.75 Å². The Morgan fingerprint density at radius 2 is 1.97 bits per heavy atom. The van der Waals surface area contributed by atoms with Gasteiger partial charge in [0, 0.05) is 31.2 Å². The van der Waals surface area contributed by atoms with Crippen LogP contribution in [0.15, 0.2) is 67.3 Å². The number of alkyl halides is 3. The molecule has 0 bridgehead atoms. The zero-order chi connectivity index (χ0) is 22.3. The normalized spacial score (nSPS) is 12.3. The highest BCUT2D eigenvalue weighted by Gasteiger charge is 2.30. The van der Waals surface area contributed by atoms with E-state index in [4.69, 9.17) is 4.74 Å². The number of nitrogens with one attached hydrogen (secondary N) is 2. The van der Waals surface area contributed by atoms with Crippen LogP contribution in [0.1, 0.15) is 11.1 Å². The van der Waals surface area contributed by atoms with E-state index in [0.717, 1.165) is 17.7 Å². The van der Waals surface area contributed by atoms with E-state index in [9.17, 15) is 23.1 Å². The zero-order valence-electron chi connectivity index (χ0n) is 16.3. The number of hydrogen-bond donors (Lipinski definition) is 3. The number of imidazole rings is 1. The maximum atomic E-state index is 12.7. The van der Waals surface area contributed by atoms with Crippen LogP contribution in [0, 0.1) is 0 Å². The third-order valence-electron chi connectivity index (χ3n) is 4.24. The van der Waals surface area contributed by atoms with E-state index >= 15 is 0 Å². The first-order valence-electron chi connectivity index (χ1n) is 9.37. The Labute approximate surface area is 176 Å². The van der Waals surface area contributed by atoms with Crippen molar-refractivity contribution < 1.29 is 27.8 Å². The molecule has 0 radical (unpaired) electrons. The highest BCUT2D eigenvalue weighted by molar-refractivity contribution is 5.89. The number of carbonyl (C=O) groups excluding carboxylic acids is 1. The molecule has 0 aliphatic heterocycles. The molecule has 10 heteroatoms. The number of halogens is 3. The smallest absolute Gasteiger partial charge is 0.416 e. The second-order valence-electron chi connectivity index (χ2n) is 6.76. The molecule has 1 atom stereocenters. The maximum Gasteiger partial charge on any atom is 0.416 e. The van der Waals surface area contributed by atoms with Crippen LogP contribution >= 0.6 is 0 Å². The number of nitrogens with zero attached hydrogens (tertiary/aromatic N) is 2. The number of carbonyl (C=O) groups is 1. The highest BCUT2D eigenvalue weighted by atomic mass is 19.4. The molecule has 31 heavy (non-hydrogen) atoms. The molecule has 0 spiro atoms. The first kappa shape index (κ1) is 22.2. The molecule has 1 heterocycles. The number of aromatic nitrogens is 2. The molecule has 0 saturated heterocycles. The topological polar surface area (TPSA) is 88.4 Å². The number of benzene rings is 2. The fourth-order valence-electron chi connectivity index (χ4n) is 2.68. The molecular weight excluding hydrogens is 413 g/mol. The number of urea groups is 1. The minimum atomic E-state index is -4.48. The van der Waals surface area contributed by atoms with Gasteiger partial charge in [-0.15, -0.1) is 0 Å². The number of ether oxygens (including phenoxy) is 1. The monoisotopic (exact) mass is 434 g/mol. The summed E-state index contributed by atoms with van der Waals surface area (Å²) in [4.78, 5) is 16.0. The molecule has 2 amide bonds. The van der Waals surface area contributed by atoms with Gasteiger partial charge in [-0.25, -0.2) is 9.78 Å². The minimum Gasteiger partial charge on any atom is -0.491 e. The Bertz CT molecular complexity index is 976. The predicted octanol–water partition coefficient (Wildman–Crippen LogP) is 3.51. The second kappa shape index (κ2) is 9.98. The molecule has 0 saturated carbocycles. The van der Waals surface area contributed by atoms with E-state index in [1.165, 1.54) is 12.1 Å². The van der Waals surface area contributed by atoms with Gasteiger partial charge in [0.15, 0.2) is 0 Å². The third-order valence-corrected chi connectivity index (χ3v) is 4.24. The fraction of sp³-hybridized carbons (Fsp3) is 0.238. The summed E-state index contributed by atoms with van der Waals surface area (Å²) in [6.07, 6.45) is -0.323. The summed E-state index contributed by atoms with van der Waals surface area (Å²) in [5, 5.41) is 15.0. The van der Waals surface area contributed by atoms with E-state index in [-0.39, 0.29) is 18.9 Å². The molecule has 1 aromatic heterocycles. The zero-order valence-corrected chi connectivity index (χ0v) is 16.3. The van der Waals surface area contributed by atoms with Crippen LogP contribution < -0.4 is 15.4 Å². The van der Waals surface area contributed by atoms with Gasteiger partial charge in [-0.05, 0) is 35.9 Å². The van der Waals surface area contributed by atoms with Gasteiger partial charge in [0.1, 0.15) is 18.5 Å². The van der Waals surface area contributed by atoms with Crippen LogP contribution in [0.4, 0.5) is 23.7 Å². The molecule has 0 aliphatic rings. The average molecular weight is 434 g/mol. The van der Waals surface area contributed by atoms with Gasteiger partial charge in [0.25, 0.3) is 0 Å². The molecule has 0 fully saturated rings. The van der Waals surface area contributed by atoms with Crippen LogP contribution in [0.3, 0.4) is 0 Å². The number of aliphatic hydroxyl groups is 1. The molecule has 3 rings (SSSR count). The summed E-state index contributed by atoms with van der Waals surface area (Å²) >= 11 is 0. The Kier molecular flexibility index (Phi) is 7.14. The first-order valence-corrected chi connectivity index (χ1v) is 9.37. The third kappa shape index (κ3) is 7.03. The molecular formula is C21H21F3N4O3. The summed E-state index contributed by atoms with van der Waals surface area (Å²) in [6, 6.07) is 11.1. The van der Waals surface area contributed by atoms with Crippen LogP contribution in [0.25, 0.3) is 0 Å². The SMILES string of the molecule is O=C(NCC(O)COc1cccc(C(F)(F)F)c1)Nc1ccc(Cn2ccnc2)cc1. The number of rotatable bonds is 8. The quantitative estimate of drug-likeness (QED) is 0.506. The van der Waals surface area contributed by atoms with Crippen molar-refractivity contribution in [1.82, 2.24) is 14.9 Å². The van der Waals surface area contributed by atoms with Crippen molar-refractivity contribution in [2.75, 3.05) is 18.5 Å². The largest absolute Gasteiger partial charge is 0.491 e. The molecule has 2 aromatic carbocycles. The van der Waals surface area contributed by atoms with Crippen molar-refractivity contribution in [3.8, 4) is 5.75 Å². The van der Waals surface area contributed by atoms with Gasteiger partial charge in [0.2, 0.25) is 0 Å². The summed E-state index contributed by atoms with van der Waals surface area (Å²) in [6.45, 7) is 0.249. The Morgan fingerprint density at radius 1 is 1.19 bits per heavy atom. The lowest BCUT2D eigenvalue weighted by Crippen LogP contribution is -2.37. The Balaban J connectivity index is 1.40. The minimum absolute atomic E-state index is 0.0193. The lowest BCUT2D eigenvalue weighted by molar-refractivity contribution is -0.137. The van der Waals surface area contributed by atoms with Crippen molar-refractivity contribution in [2.24, 2.45) is 0 Å². The van der Waals surface area contributed by atoms with Crippen LogP contribution in [0.2, 0.25) is 0 Å². The molecule has 3 aromatic rings. The molecule has 0 aliphatic carbocycles. The second-order valence-corrected chi connectivity index (χ2v) is 6.76. The van der Waals surface area contributed by atoms with E-state index in [1.807, 2.05) is 22.9 Å². The predicted molar refractivity (Wildman–Crippen MR) is 108 cm³/mol. The number of aliphatic hydroxyl groups excluding tert-OH is 1. The van der Waals surface area contributed by atoms with E-state index < -0.39 is 23.9 Å². The van der Waals surface area contributed by atoms with Crippen molar-refractivity contribution in [3.05, 3.63) is 78.4 Å². The highest BCUT2D eigenvalue weighted by Crippen LogP contribution is 2.31. The maximum absolute atomic E-state index is 12.7. The lowest BCUT2D eigenvalue weighted by atomic mass is 10.2. The van der Waals surface area contributed by atoms with Crippen LogP contribution in [-0.4, -0.2) is 39.9 Å². The molecule has 164 valence electrons. The van der Waals surface area contributed by atoms with E-state index in [1.54, 1.807) is 24.7 Å². The Hall–Kier alpha value is -3.53. The number of amides is 2. The first-order chi connectivity index (χ1) is 14.8. The fourth-order valence-corrected chi connectivity index (χ4v) is 2.68. The van der Waals surface area contributed by atoms with Crippen molar-refractivity contribution >= 4 is 11.7 Å². The number of anilines is 1. The molecule has 1 unspecified atom stereocenters. The lowest BCUT2D eigenvalue weighted by Gasteiger charge is -2.15. The Morgan fingerprint density at radius 3 is 2.65 bits per heavy atom. The van der Waals surface area contributed by atoms with Gasteiger partial charge in [-0.2, -0.15) is 13.2 Å². The van der Waals surface area contributed by atoms with Gasteiger partial charge in [0.05, 0.1) is 11.9 Å². The number of hydrogen-bond acceptors (Lipinski definition) is 4. The van der Waals surface area contributed by atoms with E-state index in [2.05, 4.69) is 15.6 Å². The van der Waals surface area contributed by atoms with Gasteiger partial charge >= 0.3 is 12.2 Å². The summed E-state index contributed by atoms with van der Waals surface area (Å²) in [5.41, 5.74) is 0.765. The van der Waals surface area contributed by atoms with Gasteiger partial charge in [-0.3, -0.25) is 0 Å². The van der Waals surface area contributed by atoms with Crippen molar-refractivity contribution in [2.45, 2.75) is 18.8 Å². The van der Waals surface area contributed by atoms with Crippen molar-refractivity contribution in [1.29, 1.82) is 0 Å². The van der Waals surface area contributed by atoms with Crippen molar-refractivity contribution in [3.63, 3.8) is 0 Å². The van der Waals surface area contributed by atoms with Gasteiger partial charge < -0.3 is 25.0 Å². The molecule has 3 N–H and O–H groups in total. The van der Waals surface area contributed by atoms with Gasteiger partial charge in [-0.1, -0.05) is 18.2 Å². The van der Waals surface area contributed by atoms with Crippen LogP contribution in [-0.2, 0) is 12.7 Å². The molecule has 7 nitrogen and oxygen atoms in total. The summed E-state index contributed by atoms with van der Waals surface area (Å²) < 4.78 is 45.2. The average Bonchev–Trinajstić information content (AvgIpc) is 3.25. The van der Waals surface area contributed by atoms with E-state index in [0.29, 0.717) is 12.2 Å².